The number of phenolic OH excluding ortho intramolecular Hbond substituents is 12. The quantitative estimate of drug-likeness (QED) is 0.0630. The van der Waals surface area contributed by atoms with Crippen LogP contribution in [0, 0.1) is 0 Å². The summed E-state index contributed by atoms with van der Waals surface area (Å²) in [5, 5.41) is 129. The lowest BCUT2D eigenvalue weighted by Crippen LogP contribution is -2.62. The summed E-state index contributed by atoms with van der Waals surface area (Å²) in [6, 6.07) is 4.99. The summed E-state index contributed by atoms with van der Waals surface area (Å²) >= 11 is 0. The molecule has 1 heterocycles. The van der Waals surface area contributed by atoms with Crippen LogP contribution in [0.25, 0.3) is 0 Å². The molecule has 1 aliphatic rings. The van der Waals surface area contributed by atoms with Crippen LogP contribution in [0.4, 0.5) is 0 Å². The van der Waals surface area contributed by atoms with Gasteiger partial charge < -0.3 is 90.1 Å². The topological polar surface area (TPSA) is 377 Å². The Labute approximate surface area is 310 Å². The molecule has 0 saturated carbocycles. The lowest BCUT2D eigenvalue weighted by Gasteiger charge is -2.42. The third-order valence-electron chi connectivity index (χ3n) is 7.94. The van der Waals surface area contributed by atoms with E-state index in [0.717, 1.165) is 0 Å². The fourth-order valence-electron chi connectivity index (χ4n) is 5.14. The minimum atomic E-state index is -2.43. The summed E-state index contributed by atoms with van der Waals surface area (Å²) in [6.45, 7) is -1.09. The van der Waals surface area contributed by atoms with Crippen molar-refractivity contribution in [1.29, 1.82) is 0 Å². The van der Waals surface area contributed by atoms with Gasteiger partial charge in [0.1, 0.15) is 12.7 Å². The first kappa shape index (κ1) is 39.5. The van der Waals surface area contributed by atoms with Gasteiger partial charge in [-0.15, -0.1) is 0 Å². The number of phenols is 12. The molecule has 22 heteroatoms. The number of aliphatic hydroxyl groups is 1. The molecular formula is C34H28O22. The SMILES string of the molecule is O=C(OC[C@@H]1O[C@H](O)[C@@H](OC(=O)c2cc(O)c(O)c(O)c2)[C@H](OC(=O)c2cc(O)c(O)c(O)c2)[C@H]1OC(=O)c1cc(O)c(O)c(O)c1)c1cc(O)c(O)c(O)c1. The molecule has 0 unspecified atom stereocenters. The molecule has 296 valence electrons. The van der Waals surface area contributed by atoms with Crippen LogP contribution in [-0.4, -0.2) is 128 Å². The van der Waals surface area contributed by atoms with Crippen LogP contribution in [0.2, 0.25) is 0 Å². The average molecular weight is 789 g/mol. The molecule has 1 aliphatic heterocycles. The highest BCUT2D eigenvalue weighted by Gasteiger charge is 2.53. The van der Waals surface area contributed by atoms with E-state index in [1.165, 1.54) is 0 Å². The average Bonchev–Trinajstić information content (AvgIpc) is 3.14. The van der Waals surface area contributed by atoms with Crippen LogP contribution in [0.3, 0.4) is 0 Å². The van der Waals surface area contributed by atoms with Crippen molar-refractivity contribution in [3.63, 3.8) is 0 Å². The predicted molar refractivity (Wildman–Crippen MR) is 175 cm³/mol. The van der Waals surface area contributed by atoms with Crippen molar-refractivity contribution in [3.05, 3.63) is 70.8 Å². The van der Waals surface area contributed by atoms with Crippen LogP contribution in [0.15, 0.2) is 48.5 Å². The van der Waals surface area contributed by atoms with Gasteiger partial charge in [0.05, 0.1) is 22.3 Å². The van der Waals surface area contributed by atoms with Gasteiger partial charge in [-0.2, -0.15) is 0 Å². The largest absolute Gasteiger partial charge is 0.504 e. The monoisotopic (exact) mass is 788 g/mol. The molecule has 0 bridgehead atoms. The van der Waals surface area contributed by atoms with E-state index < -0.39 is 152 Å². The molecule has 4 aromatic carbocycles. The van der Waals surface area contributed by atoms with E-state index in [0.29, 0.717) is 48.5 Å². The van der Waals surface area contributed by atoms with Gasteiger partial charge in [-0.3, -0.25) is 0 Å². The molecule has 22 nitrogen and oxygen atoms in total. The second-order valence-electron chi connectivity index (χ2n) is 11.7. The van der Waals surface area contributed by atoms with E-state index in [2.05, 4.69) is 0 Å². The van der Waals surface area contributed by atoms with Crippen LogP contribution >= 0.6 is 0 Å². The summed E-state index contributed by atoms with van der Waals surface area (Å²) in [5.41, 5.74) is -2.68. The van der Waals surface area contributed by atoms with Crippen molar-refractivity contribution in [2.24, 2.45) is 0 Å². The zero-order chi connectivity index (χ0) is 41.3. The molecule has 13 N–H and O–H groups in total. The van der Waals surface area contributed by atoms with Crippen LogP contribution < -0.4 is 0 Å². The Hall–Kier alpha value is -7.72. The van der Waals surface area contributed by atoms with Crippen molar-refractivity contribution in [2.45, 2.75) is 30.7 Å². The van der Waals surface area contributed by atoms with E-state index in [4.69, 9.17) is 23.7 Å². The van der Waals surface area contributed by atoms with Crippen LogP contribution in [0.5, 0.6) is 69.0 Å². The van der Waals surface area contributed by atoms with Crippen molar-refractivity contribution in [3.8, 4) is 69.0 Å². The maximum Gasteiger partial charge on any atom is 0.339 e. The summed E-state index contributed by atoms with van der Waals surface area (Å²) < 4.78 is 26.8. The summed E-state index contributed by atoms with van der Waals surface area (Å²) in [5.74, 6) is -18.2. The first-order valence-electron chi connectivity index (χ1n) is 15.4. The fraction of sp³-hybridized carbons (Fsp3) is 0.176. The van der Waals surface area contributed by atoms with Crippen molar-refractivity contribution in [1.82, 2.24) is 0 Å². The lowest BCUT2D eigenvalue weighted by molar-refractivity contribution is -0.284. The van der Waals surface area contributed by atoms with Gasteiger partial charge in [-0.25, -0.2) is 19.2 Å². The first-order valence-corrected chi connectivity index (χ1v) is 15.4. The number of aromatic hydroxyl groups is 12. The Bertz CT molecular complexity index is 2140. The molecule has 0 aromatic heterocycles. The van der Waals surface area contributed by atoms with E-state index in [9.17, 15) is 85.6 Å². The molecule has 0 spiro atoms. The molecule has 0 radical (unpaired) electrons. The second-order valence-corrected chi connectivity index (χ2v) is 11.7. The smallest absolute Gasteiger partial charge is 0.339 e. The van der Waals surface area contributed by atoms with Gasteiger partial charge in [0.2, 0.25) is 0 Å². The minimum Gasteiger partial charge on any atom is -0.504 e. The van der Waals surface area contributed by atoms with Gasteiger partial charge >= 0.3 is 23.9 Å². The number of carbonyl (C=O) groups is 4. The Balaban J connectivity index is 1.57. The standard InChI is InChI=1S/C34H28O22/c35-14-1-10(2-15(36)23(14)43)30(47)52-9-22-27(54-31(48)11-3-16(37)24(44)17(38)4-11)28(55-32(49)12-5-18(39)25(45)19(40)6-12)29(34(51)53-22)56-33(50)13-7-20(41)26(46)21(42)8-13/h1-8,22,27-29,34-46,51H,9H2/t22-,27-,28+,29-,34-/m0/s1. The van der Waals surface area contributed by atoms with Gasteiger partial charge in [0.15, 0.2) is 93.6 Å². The molecule has 5 atom stereocenters. The third-order valence-corrected chi connectivity index (χ3v) is 7.94. The van der Waals surface area contributed by atoms with E-state index in [-0.39, 0.29) is 0 Å². The first-order chi connectivity index (χ1) is 26.3. The Kier molecular flexibility index (Phi) is 10.8. The van der Waals surface area contributed by atoms with Gasteiger partial charge in [-0.05, 0) is 48.5 Å². The van der Waals surface area contributed by atoms with E-state index in [1.54, 1.807) is 0 Å². The predicted octanol–water partition coefficient (Wildman–Crippen LogP) is 0.705. The highest BCUT2D eigenvalue weighted by atomic mass is 16.7. The Morgan fingerprint density at radius 2 is 0.696 bits per heavy atom. The maximum atomic E-state index is 13.5. The molecule has 56 heavy (non-hydrogen) atoms. The van der Waals surface area contributed by atoms with Gasteiger partial charge in [0, 0.05) is 0 Å². The number of carbonyl (C=O) groups excluding carboxylic acids is 4. The molecule has 4 aromatic rings. The summed E-state index contributed by atoms with van der Waals surface area (Å²) in [4.78, 5) is 53.1. The van der Waals surface area contributed by atoms with Crippen molar-refractivity contribution in [2.75, 3.05) is 6.61 Å². The Morgan fingerprint density at radius 1 is 0.429 bits per heavy atom. The highest BCUT2D eigenvalue weighted by molar-refractivity contribution is 5.93. The third kappa shape index (κ3) is 7.95. The van der Waals surface area contributed by atoms with Gasteiger partial charge in [-0.1, -0.05) is 0 Å². The van der Waals surface area contributed by atoms with E-state index in [1.807, 2.05) is 0 Å². The minimum absolute atomic E-state index is 0.570. The summed E-state index contributed by atoms with van der Waals surface area (Å²) in [7, 11) is 0. The number of esters is 4. The zero-order valence-corrected chi connectivity index (χ0v) is 27.7. The molecule has 1 fully saturated rings. The number of aliphatic hydroxyl groups excluding tert-OH is 1. The second kappa shape index (κ2) is 15.3. The summed E-state index contributed by atoms with van der Waals surface area (Å²) in [6.07, 6.45) is -11.2. The lowest BCUT2D eigenvalue weighted by atomic mass is 9.97. The van der Waals surface area contributed by atoms with E-state index >= 15 is 0 Å². The molecular weight excluding hydrogens is 760 g/mol. The van der Waals surface area contributed by atoms with Crippen LogP contribution in [-0.2, 0) is 23.7 Å². The zero-order valence-electron chi connectivity index (χ0n) is 27.7. The number of rotatable bonds is 9. The molecule has 1 saturated heterocycles. The normalized spacial score (nSPS) is 19.1. The number of hydrogen-bond acceptors (Lipinski definition) is 22. The Morgan fingerprint density at radius 3 is 1.02 bits per heavy atom. The molecule has 0 aliphatic carbocycles. The highest BCUT2D eigenvalue weighted by Crippen LogP contribution is 2.40. The van der Waals surface area contributed by atoms with Crippen molar-refractivity contribution < 1.29 is 109 Å². The van der Waals surface area contributed by atoms with Crippen LogP contribution in [0.1, 0.15) is 41.4 Å². The molecule has 5 rings (SSSR count). The van der Waals surface area contributed by atoms with Gasteiger partial charge in [0.25, 0.3) is 0 Å². The van der Waals surface area contributed by atoms with Crippen molar-refractivity contribution >= 4 is 23.9 Å². The molecule has 0 amide bonds. The number of benzene rings is 4. The number of hydrogen-bond donors (Lipinski definition) is 13. The fourth-order valence-corrected chi connectivity index (χ4v) is 5.14. The number of ether oxygens (including phenoxy) is 5. The maximum absolute atomic E-state index is 13.5.